The highest BCUT2D eigenvalue weighted by Crippen LogP contribution is 2.42. The Bertz CT molecular complexity index is 824. The SMILES string of the molecule is COc1ccc([C@@H]2NC(=O)c3cccc4c3N2CC[C@H]4N)cc1F. The van der Waals surface area contributed by atoms with Crippen LogP contribution in [0.4, 0.5) is 10.1 Å². The molecule has 0 saturated carbocycles. The Morgan fingerprint density at radius 2 is 2.17 bits per heavy atom. The van der Waals surface area contributed by atoms with E-state index < -0.39 is 12.0 Å². The average Bonchev–Trinajstić information content (AvgIpc) is 2.59. The van der Waals surface area contributed by atoms with Gasteiger partial charge in [0.2, 0.25) is 0 Å². The zero-order valence-corrected chi connectivity index (χ0v) is 13.3. The molecule has 0 spiro atoms. The quantitative estimate of drug-likeness (QED) is 0.889. The van der Waals surface area contributed by atoms with Gasteiger partial charge >= 0.3 is 0 Å². The van der Waals surface area contributed by atoms with Crippen molar-refractivity contribution >= 4 is 11.6 Å². The lowest BCUT2D eigenvalue weighted by molar-refractivity contribution is 0.0925. The molecule has 6 heteroatoms. The summed E-state index contributed by atoms with van der Waals surface area (Å²) in [7, 11) is 1.43. The van der Waals surface area contributed by atoms with E-state index in [4.69, 9.17) is 10.5 Å². The first-order chi connectivity index (χ1) is 11.6. The summed E-state index contributed by atoms with van der Waals surface area (Å²) < 4.78 is 19.1. The molecule has 2 aliphatic rings. The standard InChI is InChI=1S/C18H18FN3O2/c1-24-15-6-5-10(9-13(15)19)17-21-18(23)12-4-2-3-11-14(20)7-8-22(17)16(11)12/h2-6,9,14,17H,7-8,20H2,1H3,(H,21,23)/t14-,17-/m1/s1. The number of amides is 1. The lowest BCUT2D eigenvalue weighted by atomic mass is 9.90. The summed E-state index contributed by atoms with van der Waals surface area (Å²) >= 11 is 0. The fourth-order valence-corrected chi connectivity index (χ4v) is 3.56. The summed E-state index contributed by atoms with van der Waals surface area (Å²) in [6.07, 6.45) is 0.362. The Morgan fingerprint density at radius 1 is 1.33 bits per heavy atom. The molecule has 0 aromatic heterocycles. The molecule has 4 rings (SSSR count). The second-order valence-electron chi connectivity index (χ2n) is 6.10. The number of carbonyl (C=O) groups is 1. The predicted octanol–water partition coefficient (Wildman–Crippen LogP) is 2.49. The Balaban J connectivity index is 1.82. The number of ether oxygens (including phenoxy) is 1. The molecule has 0 radical (unpaired) electrons. The van der Waals surface area contributed by atoms with E-state index in [0.717, 1.165) is 17.7 Å². The Labute approximate surface area is 139 Å². The van der Waals surface area contributed by atoms with Crippen molar-refractivity contribution in [3.8, 4) is 5.75 Å². The number of para-hydroxylation sites is 1. The first kappa shape index (κ1) is 15.0. The highest BCUT2D eigenvalue weighted by atomic mass is 19.1. The molecule has 0 saturated heterocycles. The van der Waals surface area contributed by atoms with E-state index in [2.05, 4.69) is 10.2 Å². The van der Waals surface area contributed by atoms with Crippen LogP contribution in [0, 0.1) is 5.82 Å². The van der Waals surface area contributed by atoms with Crippen LogP contribution in [0.2, 0.25) is 0 Å². The molecular formula is C18H18FN3O2. The molecule has 0 fully saturated rings. The van der Waals surface area contributed by atoms with Crippen molar-refractivity contribution in [1.82, 2.24) is 5.32 Å². The molecule has 5 nitrogen and oxygen atoms in total. The van der Waals surface area contributed by atoms with E-state index >= 15 is 0 Å². The van der Waals surface area contributed by atoms with Gasteiger partial charge in [0.25, 0.3) is 5.91 Å². The first-order valence-electron chi connectivity index (χ1n) is 7.89. The number of benzene rings is 2. The molecule has 2 aromatic carbocycles. The van der Waals surface area contributed by atoms with Crippen LogP contribution < -0.4 is 20.7 Å². The van der Waals surface area contributed by atoms with Crippen LogP contribution in [0.1, 0.15) is 40.1 Å². The third kappa shape index (κ3) is 2.14. The van der Waals surface area contributed by atoms with Gasteiger partial charge in [-0.15, -0.1) is 0 Å². The molecule has 1 amide bonds. The predicted molar refractivity (Wildman–Crippen MR) is 88.5 cm³/mol. The van der Waals surface area contributed by atoms with Gasteiger partial charge in [0.05, 0.1) is 18.4 Å². The van der Waals surface area contributed by atoms with E-state index in [9.17, 15) is 9.18 Å². The number of rotatable bonds is 2. The van der Waals surface area contributed by atoms with Crippen LogP contribution in [0.15, 0.2) is 36.4 Å². The number of nitrogens with zero attached hydrogens (tertiary/aromatic N) is 1. The van der Waals surface area contributed by atoms with Crippen molar-refractivity contribution in [2.24, 2.45) is 5.73 Å². The van der Waals surface area contributed by atoms with Crippen LogP contribution in [0.5, 0.6) is 5.75 Å². The third-order valence-electron chi connectivity index (χ3n) is 4.75. The number of carbonyl (C=O) groups excluding carboxylic acids is 1. The highest BCUT2D eigenvalue weighted by molar-refractivity contribution is 6.03. The van der Waals surface area contributed by atoms with Gasteiger partial charge in [0.1, 0.15) is 6.17 Å². The van der Waals surface area contributed by atoms with Gasteiger partial charge in [0, 0.05) is 12.6 Å². The fourth-order valence-electron chi connectivity index (χ4n) is 3.56. The summed E-state index contributed by atoms with van der Waals surface area (Å²) in [5, 5.41) is 2.97. The summed E-state index contributed by atoms with van der Waals surface area (Å²) in [5.74, 6) is -0.432. The van der Waals surface area contributed by atoms with Crippen LogP contribution in [0.3, 0.4) is 0 Å². The van der Waals surface area contributed by atoms with Gasteiger partial charge in [-0.1, -0.05) is 18.2 Å². The van der Waals surface area contributed by atoms with Crippen LogP contribution in [-0.2, 0) is 0 Å². The van der Waals surface area contributed by atoms with Crippen LogP contribution in [0.25, 0.3) is 0 Å². The molecular weight excluding hydrogens is 309 g/mol. The van der Waals surface area contributed by atoms with Gasteiger partial charge in [-0.25, -0.2) is 4.39 Å². The lowest BCUT2D eigenvalue weighted by Crippen LogP contribution is -2.49. The van der Waals surface area contributed by atoms with E-state index in [1.807, 2.05) is 12.1 Å². The molecule has 2 aromatic rings. The number of nitrogens with one attached hydrogen (secondary N) is 1. The van der Waals surface area contributed by atoms with Gasteiger partial charge in [-0.2, -0.15) is 0 Å². The van der Waals surface area contributed by atoms with Crippen molar-refractivity contribution in [1.29, 1.82) is 0 Å². The van der Waals surface area contributed by atoms with Crippen molar-refractivity contribution in [3.05, 3.63) is 58.9 Å². The van der Waals surface area contributed by atoms with Gasteiger partial charge in [0.15, 0.2) is 11.6 Å². The van der Waals surface area contributed by atoms with E-state index in [0.29, 0.717) is 17.7 Å². The Hall–Kier alpha value is -2.60. The van der Waals surface area contributed by atoms with Crippen molar-refractivity contribution in [2.45, 2.75) is 18.6 Å². The fraction of sp³-hybridized carbons (Fsp3) is 0.278. The number of methoxy groups -OCH3 is 1. The highest BCUT2D eigenvalue weighted by Gasteiger charge is 2.37. The maximum atomic E-state index is 14.1. The minimum Gasteiger partial charge on any atom is -0.494 e. The zero-order chi connectivity index (χ0) is 16.8. The molecule has 2 heterocycles. The smallest absolute Gasteiger partial charge is 0.255 e. The first-order valence-corrected chi connectivity index (χ1v) is 7.89. The second-order valence-corrected chi connectivity index (χ2v) is 6.10. The van der Waals surface area contributed by atoms with Gasteiger partial charge in [-0.3, -0.25) is 4.79 Å². The summed E-state index contributed by atoms with van der Waals surface area (Å²) in [6, 6.07) is 10.3. The van der Waals surface area contributed by atoms with Gasteiger partial charge < -0.3 is 20.7 Å². The van der Waals surface area contributed by atoms with Crippen LogP contribution >= 0.6 is 0 Å². The van der Waals surface area contributed by atoms with Crippen molar-refractivity contribution < 1.29 is 13.9 Å². The second kappa shape index (κ2) is 5.49. The van der Waals surface area contributed by atoms with E-state index in [1.54, 1.807) is 18.2 Å². The molecule has 0 aliphatic carbocycles. The number of hydrogen-bond acceptors (Lipinski definition) is 4. The minimum atomic E-state index is -0.447. The Kier molecular flexibility index (Phi) is 3.42. The molecule has 124 valence electrons. The monoisotopic (exact) mass is 327 g/mol. The summed E-state index contributed by atoms with van der Waals surface area (Å²) in [5.41, 5.74) is 9.34. The number of nitrogens with two attached hydrogens (primary N) is 1. The Morgan fingerprint density at radius 3 is 2.92 bits per heavy atom. The van der Waals surface area contributed by atoms with Crippen molar-refractivity contribution in [3.63, 3.8) is 0 Å². The van der Waals surface area contributed by atoms with E-state index in [1.165, 1.54) is 13.2 Å². The molecule has 2 aliphatic heterocycles. The number of halogens is 1. The largest absolute Gasteiger partial charge is 0.494 e. The number of anilines is 1. The number of hydrogen-bond donors (Lipinski definition) is 2. The minimum absolute atomic E-state index is 0.0876. The molecule has 3 N–H and O–H groups in total. The van der Waals surface area contributed by atoms with Crippen molar-refractivity contribution in [2.75, 3.05) is 18.6 Å². The summed E-state index contributed by atoms with van der Waals surface area (Å²) in [4.78, 5) is 14.6. The van der Waals surface area contributed by atoms with E-state index in [-0.39, 0.29) is 17.7 Å². The molecule has 0 bridgehead atoms. The van der Waals surface area contributed by atoms with Gasteiger partial charge in [-0.05, 0) is 35.7 Å². The molecule has 2 atom stereocenters. The topological polar surface area (TPSA) is 67.6 Å². The van der Waals surface area contributed by atoms with Crippen LogP contribution in [-0.4, -0.2) is 19.6 Å². The lowest BCUT2D eigenvalue weighted by Gasteiger charge is -2.44. The maximum Gasteiger partial charge on any atom is 0.255 e. The normalized spacial score (nSPS) is 22.0. The summed E-state index contributed by atoms with van der Waals surface area (Å²) in [6.45, 7) is 0.698. The third-order valence-corrected chi connectivity index (χ3v) is 4.75. The molecule has 24 heavy (non-hydrogen) atoms. The zero-order valence-electron chi connectivity index (χ0n) is 13.3. The average molecular weight is 327 g/mol. The maximum absolute atomic E-state index is 14.1. The molecule has 0 unspecified atom stereocenters.